The van der Waals surface area contributed by atoms with Crippen LogP contribution in [0.2, 0.25) is 0 Å². The van der Waals surface area contributed by atoms with Gasteiger partial charge in [0.05, 0.1) is 12.2 Å². The molecule has 1 saturated heterocycles. The topological polar surface area (TPSA) is 71.8 Å². The predicted octanol–water partition coefficient (Wildman–Crippen LogP) is 1.74. The molecule has 0 saturated carbocycles. The van der Waals surface area contributed by atoms with Crippen molar-refractivity contribution in [3.8, 4) is 0 Å². The van der Waals surface area contributed by atoms with Gasteiger partial charge in [-0.25, -0.2) is 0 Å². The molecule has 0 radical (unpaired) electrons. The second kappa shape index (κ2) is 7.97. The molecule has 1 N–H and O–H groups in total. The number of rotatable bonds is 5. The maximum absolute atomic E-state index is 12.1. The van der Waals surface area contributed by atoms with Crippen LogP contribution in [0.15, 0.2) is 22.6 Å². The first kappa shape index (κ1) is 17.3. The first-order valence-corrected chi connectivity index (χ1v) is 7.89. The van der Waals surface area contributed by atoms with Crippen molar-refractivity contribution in [2.75, 3.05) is 19.6 Å². The van der Waals surface area contributed by atoms with E-state index in [1.807, 2.05) is 26.8 Å². The van der Waals surface area contributed by atoms with Gasteiger partial charge in [0.15, 0.2) is 0 Å². The molecule has 6 heteroatoms. The van der Waals surface area contributed by atoms with E-state index in [1.54, 1.807) is 17.0 Å². The third-order valence-corrected chi connectivity index (χ3v) is 3.57. The molecule has 0 spiro atoms. The van der Waals surface area contributed by atoms with Gasteiger partial charge in [0.1, 0.15) is 11.5 Å². The normalized spacial score (nSPS) is 21.6. The summed E-state index contributed by atoms with van der Waals surface area (Å²) in [6.07, 6.45) is 3.41. The van der Waals surface area contributed by atoms with Gasteiger partial charge in [-0.1, -0.05) is 0 Å². The molecule has 0 aromatic carbocycles. The molecular weight excluding hydrogens is 296 g/mol. The number of furan rings is 1. The molecule has 0 aliphatic carbocycles. The van der Waals surface area contributed by atoms with Crippen LogP contribution in [0.25, 0.3) is 6.08 Å². The predicted molar refractivity (Wildman–Crippen MR) is 86.7 cm³/mol. The number of nitrogens with zero attached hydrogens (tertiary/aromatic N) is 1. The summed E-state index contributed by atoms with van der Waals surface area (Å²) >= 11 is 0. The highest BCUT2D eigenvalue weighted by Gasteiger charge is 2.25. The van der Waals surface area contributed by atoms with E-state index in [1.165, 1.54) is 6.08 Å². The lowest BCUT2D eigenvalue weighted by molar-refractivity contribution is -0.143. The van der Waals surface area contributed by atoms with Crippen LogP contribution < -0.4 is 5.32 Å². The van der Waals surface area contributed by atoms with Crippen LogP contribution >= 0.6 is 0 Å². The molecule has 1 aromatic heterocycles. The van der Waals surface area contributed by atoms with E-state index in [0.717, 1.165) is 5.76 Å². The number of morpholine rings is 1. The van der Waals surface area contributed by atoms with Crippen LogP contribution in [0, 0.1) is 6.92 Å². The molecule has 126 valence electrons. The smallest absolute Gasteiger partial charge is 0.244 e. The molecular formula is C17H24N2O4. The number of hydrogen-bond donors (Lipinski definition) is 1. The summed E-state index contributed by atoms with van der Waals surface area (Å²) in [5.41, 5.74) is 0. The van der Waals surface area contributed by atoms with Crippen molar-refractivity contribution in [2.45, 2.75) is 39.4 Å². The Bertz CT molecular complexity index is 569. The Hall–Kier alpha value is -2.08. The Kier molecular flexibility index (Phi) is 5.98. The lowest BCUT2D eigenvalue weighted by Crippen LogP contribution is -2.48. The third-order valence-electron chi connectivity index (χ3n) is 3.57. The minimum absolute atomic E-state index is 0.0398. The minimum Gasteiger partial charge on any atom is -0.462 e. The third kappa shape index (κ3) is 5.56. The summed E-state index contributed by atoms with van der Waals surface area (Å²) in [7, 11) is 0. The summed E-state index contributed by atoms with van der Waals surface area (Å²) in [4.78, 5) is 25.6. The molecule has 2 heterocycles. The molecule has 1 aromatic rings. The van der Waals surface area contributed by atoms with Gasteiger partial charge in [-0.15, -0.1) is 0 Å². The number of aryl methyl sites for hydroxylation is 1. The Labute approximate surface area is 136 Å². The van der Waals surface area contributed by atoms with E-state index in [9.17, 15) is 9.59 Å². The highest BCUT2D eigenvalue weighted by atomic mass is 16.5. The van der Waals surface area contributed by atoms with Crippen LogP contribution in [-0.4, -0.2) is 48.6 Å². The maximum Gasteiger partial charge on any atom is 0.244 e. The SMILES string of the molecule is Cc1ccc(/C=C/C(=O)NCCC(=O)N2C[C@H](C)O[C@@H](C)C2)o1. The van der Waals surface area contributed by atoms with E-state index in [2.05, 4.69) is 5.32 Å². The minimum atomic E-state index is -0.240. The summed E-state index contributed by atoms with van der Waals surface area (Å²) in [5.74, 6) is 1.23. The molecule has 2 amide bonds. The fraction of sp³-hybridized carbons (Fsp3) is 0.529. The molecule has 23 heavy (non-hydrogen) atoms. The monoisotopic (exact) mass is 320 g/mol. The Morgan fingerprint density at radius 1 is 1.30 bits per heavy atom. The molecule has 2 atom stereocenters. The van der Waals surface area contributed by atoms with E-state index < -0.39 is 0 Å². The van der Waals surface area contributed by atoms with E-state index in [0.29, 0.717) is 31.8 Å². The fourth-order valence-electron chi connectivity index (χ4n) is 2.59. The number of carbonyl (C=O) groups excluding carboxylic acids is 2. The van der Waals surface area contributed by atoms with Gasteiger partial charge in [-0.2, -0.15) is 0 Å². The van der Waals surface area contributed by atoms with E-state index >= 15 is 0 Å². The number of carbonyl (C=O) groups is 2. The molecule has 2 rings (SSSR count). The van der Waals surface area contributed by atoms with Crippen LogP contribution in [0.3, 0.4) is 0 Å². The largest absolute Gasteiger partial charge is 0.462 e. The number of ether oxygens (including phenoxy) is 1. The Morgan fingerprint density at radius 3 is 2.61 bits per heavy atom. The van der Waals surface area contributed by atoms with Gasteiger partial charge >= 0.3 is 0 Å². The van der Waals surface area contributed by atoms with Gasteiger partial charge in [0.25, 0.3) is 0 Å². The number of amides is 2. The maximum atomic E-state index is 12.1. The van der Waals surface area contributed by atoms with E-state index in [-0.39, 0.29) is 24.0 Å². The lowest BCUT2D eigenvalue weighted by atomic mass is 10.2. The molecule has 1 aliphatic heterocycles. The van der Waals surface area contributed by atoms with Crippen LogP contribution in [-0.2, 0) is 14.3 Å². The quantitative estimate of drug-likeness (QED) is 0.839. The van der Waals surface area contributed by atoms with Crippen LogP contribution in [0.4, 0.5) is 0 Å². The van der Waals surface area contributed by atoms with Crippen LogP contribution in [0.1, 0.15) is 31.8 Å². The van der Waals surface area contributed by atoms with Crippen molar-refractivity contribution in [1.82, 2.24) is 10.2 Å². The first-order chi connectivity index (χ1) is 10.9. The Morgan fingerprint density at radius 2 is 2.00 bits per heavy atom. The lowest BCUT2D eigenvalue weighted by Gasteiger charge is -2.35. The van der Waals surface area contributed by atoms with E-state index in [4.69, 9.17) is 9.15 Å². The van der Waals surface area contributed by atoms with Crippen molar-refractivity contribution < 1.29 is 18.7 Å². The zero-order valence-electron chi connectivity index (χ0n) is 13.9. The summed E-state index contributed by atoms with van der Waals surface area (Å²) in [6, 6.07) is 3.63. The summed E-state index contributed by atoms with van der Waals surface area (Å²) in [5, 5.41) is 2.71. The van der Waals surface area contributed by atoms with Crippen molar-refractivity contribution >= 4 is 17.9 Å². The molecule has 6 nitrogen and oxygen atoms in total. The summed E-state index contributed by atoms with van der Waals surface area (Å²) < 4.78 is 10.9. The molecule has 0 bridgehead atoms. The average molecular weight is 320 g/mol. The first-order valence-electron chi connectivity index (χ1n) is 7.89. The summed E-state index contributed by atoms with van der Waals surface area (Å²) in [6.45, 7) is 7.29. The van der Waals surface area contributed by atoms with Gasteiger partial charge in [-0.3, -0.25) is 9.59 Å². The second-order valence-electron chi connectivity index (χ2n) is 5.88. The van der Waals surface area contributed by atoms with Gasteiger partial charge < -0.3 is 19.4 Å². The van der Waals surface area contributed by atoms with Gasteiger partial charge in [0, 0.05) is 32.1 Å². The standard InChI is InChI=1S/C17H24N2O4/c1-12-4-5-15(23-12)6-7-16(20)18-9-8-17(21)19-10-13(2)22-14(3)11-19/h4-7,13-14H,8-11H2,1-3H3,(H,18,20)/b7-6+/t13-,14-/m0/s1. The fourth-order valence-corrected chi connectivity index (χ4v) is 2.59. The Balaban J connectivity index is 1.70. The molecule has 1 aliphatic rings. The second-order valence-corrected chi connectivity index (χ2v) is 5.88. The molecule has 0 unspecified atom stereocenters. The van der Waals surface area contributed by atoms with Crippen molar-refractivity contribution in [2.24, 2.45) is 0 Å². The average Bonchev–Trinajstić information content (AvgIpc) is 2.89. The van der Waals surface area contributed by atoms with Crippen molar-refractivity contribution in [3.63, 3.8) is 0 Å². The van der Waals surface area contributed by atoms with Crippen molar-refractivity contribution in [1.29, 1.82) is 0 Å². The highest BCUT2D eigenvalue weighted by molar-refractivity contribution is 5.91. The number of hydrogen-bond acceptors (Lipinski definition) is 4. The van der Waals surface area contributed by atoms with Crippen LogP contribution in [0.5, 0.6) is 0 Å². The zero-order valence-corrected chi connectivity index (χ0v) is 13.9. The number of nitrogens with one attached hydrogen (secondary N) is 1. The van der Waals surface area contributed by atoms with Crippen molar-refractivity contribution in [3.05, 3.63) is 29.7 Å². The van der Waals surface area contributed by atoms with Gasteiger partial charge in [0.2, 0.25) is 11.8 Å². The van der Waals surface area contributed by atoms with Gasteiger partial charge in [-0.05, 0) is 39.0 Å². The molecule has 1 fully saturated rings. The highest BCUT2D eigenvalue weighted by Crippen LogP contribution is 2.11. The zero-order chi connectivity index (χ0) is 16.8.